The number of hydrogen-bond donors (Lipinski definition) is 1. The summed E-state index contributed by atoms with van der Waals surface area (Å²) in [5.74, 6) is -2.61. The van der Waals surface area contributed by atoms with Crippen LogP contribution >= 0.6 is 12.6 Å². The maximum Gasteiger partial charge on any atom is 0.418 e. The van der Waals surface area contributed by atoms with Crippen LogP contribution in [0, 0.1) is 5.92 Å². The zero-order valence-electron chi connectivity index (χ0n) is 8.67. The van der Waals surface area contributed by atoms with Crippen molar-refractivity contribution in [2.24, 2.45) is 5.92 Å². The van der Waals surface area contributed by atoms with E-state index in [1.807, 2.05) is 0 Å². The summed E-state index contributed by atoms with van der Waals surface area (Å²) < 4.78 is 85.2. The average molecular weight is 302 g/mol. The fourth-order valence-corrected chi connectivity index (χ4v) is 2.17. The maximum atomic E-state index is 12.1. The molecule has 10 heteroatoms. The molecule has 0 aromatic carbocycles. The largest absolute Gasteiger partial charge is 0.418 e. The lowest BCUT2D eigenvalue weighted by Gasteiger charge is -2.15. The molecule has 0 aliphatic heterocycles. The van der Waals surface area contributed by atoms with Crippen LogP contribution in [0.4, 0.5) is 22.0 Å². The van der Waals surface area contributed by atoms with Crippen LogP contribution in [-0.4, -0.2) is 25.8 Å². The first-order valence-electron chi connectivity index (χ1n) is 4.44. The maximum absolute atomic E-state index is 12.1. The van der Waals surface area contributed by atoms with Gasteiger partial charge in [0, 0.05) is 0 Å². The Bertz CT molecular complexity index is 332. The molecule has 0 heterocycles. The average Bonchev–Trinajstić information content (AvgIpc) is 1.96. The van der Waals surface area contributed by atoms with E-state index >= 15 is 0 Å². The summed E-state index contributed by atoms with van der Waals surface area (Å²) in [7, 11) is -4.57. The van der Waals surface area contributed by atoms with Crippen molar-refractivity contribution >= 4 is 22.7 Å². The standard InChI is InChI=1S/C7H11F5O3S2/c1-5(6(8,9)10)3-2-4-17(13,14)15-7(11,12)16/h5,16H,2-4H2,1H3. The Kier molecular flexibility index (Phi) is 5.67. The Labute approximate surface area is 101 Å². The van der Waals surface area contributed by atoms with Gasteiger partial charge in [-0.1, -0.05) is 19.6 Å². The highest BCUT2D eigenvalue weighted by molar-refractivity contribution is 7.88. The Balaban J connectivity index is 4.14. The van der Waals surface area contributed by atoms with Gasteiger partial charge in [0.05, 0.1) is 11.7 Å². The van der Waals surface area contributed by atoms with Crippen LogP contribution < -0.4 is 0 Å². The van der Waals surface area contributed by atoms with Crippen molar-refractivity contribution in [3.8, 4) is 0 Å². The van der Waals surface area contributed by atoms with Crippen molar-refractivity contribution in [2.75, 3.05) is 5.75 Å². The summed E-state index contributed by atoms with van der Waals surface area (Å²) in [4.78, 5) is 0. The van der Waals surface area contributed by atoms with E-state index in [9.17, 15) is 30.4 Å². The molecule has 0 radical (unpaired) electrons. The molecule has 0 aromatic rings. The van der Waals surface area contributed by atoms with Crippen molar-refractivity contribution in [1.29, 1.82) is 0 Å². The quantitative estimate of drug-likeness (QED) is 0.355. The van der Waals surface area contributed by atoms with E-state index in [0.29, 0.717) is 0 Å². The van der Waals surface area contributed by atoms with E-state index in [2.05, 4.69) is 16.8 Å². The van der Waals surface area contributed by atoms with Gasteiger partial charge in [-0.15, -0.1) is 0 Å². The van der Waals surface area contributed by atoms with E-state index in [1.54, 1.807) is 0 Å². The molecule has 0 aliphatic rings. The molecule has 0 amide bonds. The van der Waals surface area contributed by atoms with E-state index in [4.69, 9.17) is 0 Å². The fourth-order valence-electron chi connectivity index (χ4n) is 0.924. The Morgan fingerprint density at radius 3 is 2.06 bits per heavy atom. The molecule has 1 atom stereocenters. The lowest BCUT2D eigenvalue weighted by Crippen LogP contribution is -2.23. The van der Waals surface area contributed by atoms with Gasteiger partial charge in [0.1, 0.15) is 0 Å². The van der Waals surface area contributed by atoms with Crippen molar-refractivity contribution in [1.82, 2.24) is 0 Å². The molecule has 0 aliphatic carbocycles. The summed E-state index contributed by atoms with van der Waals surface area (Å²) in [5.41, 5.74) is -4.16. The topological polar surface area (TPSA) is 43.4 Å². The molecular weight excluding hydrogens is 291 g/mol. The van der Waals surface area contributed by atoms with Gasteiger partial charge in [-0.25, -0.2) is 0 Å². The summed E-state index contributed by atoms with van der Waals surface area (Å²) in [5, 5.41) is 0. The third-order valence-corrected chi connectivity index (χ3v) is 3.28. The van der Waals surface area contributed by atoms with E-state index in [0.717, 1.165) is 6.92 Å². The zero-order chi connectivity index (χ0) is 13.9. The van der Waals surface area contributed by atoms with Gasteiger partial charge in [-0.05, 0) is 12.8 Å². The molecule has 0 spiro atoms. The van der Waals surface area contributed by atoms with E-state index in [1.165, 1.54) is 0 Å². The predicted octanol–water partition coefficient (Wildman–Crippen LogP) is 2.79. The minimum Gasteiger partial charge on any atom is -0.199 e. The van der Waals surface area contributed by atoms with Crippen LogP contribution in [0.25, 0.3) is 0 Å². The zero-order valence-corrected chi connectivity index (χ0v) is 10.4. The number of alkyl halides is 5. The molecule has 0 aromatic heterocycles. The molecule has 0 bridgehead atoms. The monoisotopic (exact) mass is 302 g/mol. The van der Waals surface area contributed by atoms with Gasteiger partial charge >= 0.3 is 11.6 Å². The Morgan fingerprint density at radius 2 is 1.71 bits per heavy atom. The van der Waals surface area contributed by atoms with Crippen molar-refractivity contribution in [2.45, 2.75) is 31.4 Å². The first kappa shape index (κ1) is 16.9. The second-order valence-corrected chi connectivity index (χ2v) is 5.63. The molecular formula is C7H11F5O3S2. The molecule has 104 valence electrons. The first-order valence-corrected chi connectivity index (χ1v) is 6.46. The summed E-state index contributed by atoms with van der Waals surface area (Å²) in [6.45, 7) is 0.876. The predicted molar refractivity (Wildman–Crippen MR) is 53.3 cm³/mol. The van der Waals surface area contributed by atoms with Gasteiger partial charge in [-0.3, -0.25) is 0 Å². The lowest BCUT2D eigenvalue weighted by atomic mass is 10.1. The van der Waals surface area contributed by atoms with E-state index in [-0.39, 0.29) is 0 Å². The molecule has 0 rings (SSSR count). The molecule has 0 saturated heterocycles. The molecule has 3 nitrogen and oxygen atoms in total. The minimum atomic E-state index is -4.57. The fraction of sp³-hybridized carbons (Fsp3) is 1.00. The normalized spacial score (nSPS) is 15.9. The number of rotatable bonds is 6. The van der Waals surface area contributed by atoms with Gasteiger partial charge in [0.25, 0.3) is 10.1 Å². The summed E-state index contributed by atoms with van der Waals surface area (Å²) >= 11 is 2.54. The number of hydrogen-bond acceptors (Lipinski definition) is 4. The Morgan fingerprint density at radius 1 is 1.24 bits per heavy atom. The molecule has 0 saturated carbocycles. The first-order chi connectivity index (χ1) is 7.33. The third-order valence-electron chi connectivity index (χ3n) is 1.82. The highest BCUT2D eigenvalue weighted by Gasteiger charge is 2.36. The van der Waals surface area contributed by atoms with Crippen molar-refractivity contribution in [3.63, 3.8) is 0 Å². The van der Waals surface area contributed by atoms with Crippen molar-refractivity contribution in [3.05, 3.63) is 0 Å². The van der Waals surface area contributed by atoms with Crippen LogP contribution in [0.15, 0.2) is 0 Å². The molecule has 0 N–H and O–H groups in total. The third kappa shape index (κ3) is 8.61. The smallest absolute Gasteiger partial charge is 0.199 e. The second-order valence-electron chi connectivity index (χ2n) is 3.42. The van der Waals surface area contributed by atoms with Gasteiger partial charge < -0.3 is 0 Å². The second kappa shape index (κ2) is 5.70. The summed E-state index contributed by atoms with van der Waals surface area (Å²) in [6, 6.07) is 0. The highest BCUT2D eigenvalue weighted by Crippen LogP contribution is 2.29. The SMILES string of the molecule is CC(CCCS(=O)(=O)OC(F)(F)S)C(F)(F)F. The van der Waals surface area contributed by atoms with Gasteiger partial charge in [0.15, 0.2) is 0 Å². The van der Waals surface area contributed by atoms with Crippen molar-refractivity contribution < 1.29 is 34.6 Å². The molecule has 17 heavy (non-hydrogen) atoms. The van der Waals surface area contributed by atoms with Crippen LogP contribution in [0.3, 0.4) is 0 Å². The minimum absolute atomic E-state index is 0.424. The van der Waals surface area contributed by atoms with E-state index < -0.39 is 46.2 Å². The summed E-state index contributed by atoms with van der Waals surface area (Å²) in [6.07, 6.45) is -5.34. The number of halogens is 5. The lowest BCUT2D eigenvalue weighted by molar-refractivity contribution is -0.171. The van der Waals surface area contributed by atoms with Gasteiger partial charge in [-0.2, -0.15) is 34.6 Å². The molecule has 0 fully saturated rings. The highest BCUT2D eigenvalue weighted by atomic mass is 32.2. The van der Waals surface area contributed by atoms with Gasteiger partial charge in [0.2, 0.25) is 0 Å². The molecule has 1 unspecified atom stereocenters. The van der Waals surface area contributed by atoms with Crippen LogP contribution in [0.5, 0.6) is 0 Å². The van der Waals surface area contributed by atoms with Crippen LogP contribution in [-0.2, 0) is 14.3 Å². The number of thiol groups is 1. The van der Waals surface area contributed by atoms with Crippen LogP contribution in [0.2, 0.25) is 0 Å². The Hall–Kier alpha value is -0.0900. The van der Waals surface area contributed by atoms with Crippen LogP contribution in [0.1, 0.15) is 19.8 Å².